The van der Waals surface area contributed by atoms with Gasteiger partial charge in [-0.3, -0.25) is 14.6 Å². The Hall–Kier alpha value is -4.32. The number of hydrogen-bond acceptors (Lipinski definition) is 9. The Bertz CT molecular complexity index is 1680. The second-order valence-corrected chi connectivity index (χ2v) is 9.76. The predicted octanol–water partition coefficient (Wildman–Crippen LogP) is 3.23. The Morgan fingerprint density at radius 3 is 2.62 bits per heavy atom. The second kappa shape index (κ2) is 9.77. The molecule has 6 heterocycles. The maximum Gasteiger partial charge on any atom is 0.360 e. The highest BCUT2D eigenvalue weighted by Gasteiger charge is 2.36. The molecule has 5 aromatic rings. The van der Waals surface area contributed by atoms with Gasteiger partial charge in [0.05, 0.1) is 37.2 Å². The van der Waals surface area contributed by atoms with Gasteiger partial charge in [-0.1, -0.05) is 5.21 Å². The highest BCUT2D eigenvalue weighted by atomic mass is 16.5. The molecule has 6 rings (SSSR count). The van der Waals surface area contributed by atoms with E-state index >= 15 is 0 Å². The zero-order chi connectivity index (χ0) is 27.3. The van der Waals surface area contributed by atoms with Gasteiger partial charge in [0.2, 0.25) is 0 Å². The minimum Gasteiger partial charge on any atom is -0.495 e. The highest BCUT2D eigenvalue weighted by molar-refractivity contribution is 6.11. The first kappa shape index (κ1) is 25.0. The number of pyridine rings is 2. The van der Waals surface area contributed by atoms with Crippen molar-refractivity contribution in [2.45, 2.75) is 25.8 Å². The molecule has 1 fully saturated rings. The number of nitrogens with zero attached hydrogens (tertiary/aromatic N) is 8. The summed E-state index contributed by atoms with van der Waals surface area (Å²) in [6, 6.07) is 5.56. The zero-order valence-corrected chi connectivity index (χ0v) is 22.6. The van der Waals surface area contributed by atoms with E-state index in [2.05, 4.69) is 26.0 Å². The van der Waals surface area contributed by atoms with Crippen molar-refractivity contribution in [2.75, 3.05) is 27.4 Å². The van der Waals surface area contributed by atoms with Crippen LogP contribution >= 0.6 is 0 Å². The molecule has 1 aliphatic heterocycles. The number of esters is 1. The summed E-state index contributed by atoms with van der Waals surface area (Å²) >= 11 is 0. The maximum absolute atomic E-state index is 13.1. The fraction of sp³-hybridized carbons (Fsp3) is 0.407. The van der Waals surface area contributed by atoms with E-state index in [1.54, 1.807) is 22.7 Å². The average molecular weight is 531 g/mol. The van der Waals surface area contributed by atoms with E-state index in [9.17, 15) is 4.79 Å². The van der Waals surface area contributed by atoms with Crippen molar-refractivity contribution in [1.29, 1.82) is 0 Å². The van der Waals surface area contributed by atoms with E-state index in [0.717, 1.165) is 52.0 Å². The van der Waals surface area contributed by atoms with Crippen LogP contribution in [-0.4, -0.2) is 72.7 Å². The highest BCUT2D eigenvalue weighted by Crippen LogP contribution is 2.43. The van der Waals surface area contributed by atoms with Gasteiger partial charge in [-0.25, -0.2) is 9.48 Å². The number of carbonyl (C=O) groups is 1. The van der Waals surface area contributed by atoms with Crippen LogP contribution in [0.4, 0.5) is 0 Å². The summed E-state index contributed by atoms with van der Waals surface area (Å²) in [4.78, 5) is 22.8. The summed E-state index contributed by atoms with van der Waals surface area (Å²) < 4.78 is 22.3. The molecular formula is C27H30N8O4. The molecule has 5 aromatic heterocycles. The van der Waals surface area contributed by atoms with Crippen molar-refractivity contribution in [1.82, 2.24) is 39.3 Å². The van der Waals surface area contributed by atoms with Crippen LogP contribution in [-0.2, 0) is 23.6 Å². The van der Waals surface area contributed by atoms with Crippen molar-refractivity contribution in [3.05, 3.63) is 47.7 Å². The number of aryl methyl sites for hydroxylation is 3. The molecule has 0 amide bonds. The molecule has 39 heavy (non-hydrogen) atoms. The fourth-order valence-corrected chi connectivity index (χ4v) is 5.84. The predicted molar refractivity (Wildman–Crippen MR) is 143 cm³/mol. The summed E-state index contributed by atoms with van der Waals surface area (Å²) in [5.41, 5.74) is 6.47. The molecule has 1 atom stereocenters. The molecule has 0 spiro atoms. The monoisotopic (exact) mass is 530 g/mol. The molecule has 0 N–H and O–H groups in total. The molecule has 0 aliphatic carbocycles. The van der Waals surface area contributed by atoms with Crippen molar-refractivity contribution in [2.24, 2.45) is 20.0 Å². The van der Waals surface area contributed by atoms with E-state index in [1.807, 2.05) is 39.3 Å². The minimum absolute atomic E-state index is 0.149. The molecule has 0 radical (unpaired) electrons. The molecule has 202 valence electrons. The average Bonchev–Trinajstić information content (AvgIpc) is 3.60. The first-order valence-corrected chi connectivity index (χ1v) is 12.8. The van der Waals surface area contributed by atoms with Crippen molar-refractivity contribution in [3.63, 3.8) is 0 Å². The van der Waals surface area contributed by atoms with E-state index < -0.39 is 5.97 Å². The molecule has 0 saturated carbocycles. The first-order chi connectivity index (χ1) is 18.9. The van der Waals surface area contributed by atoms with Gasteiger partial charge >= 0.3 is 5.97 Å². The number of carbonyl (C=O) groups excluding carboxylic acids is 1. The Kier molecular flexibility index (Phi) is 6.26. The van der Waals surface area contributed by atoms with Crippen LogP contribution in [0.2, 0.25) is 0 Å². The molecule has 0 bridgehead atoms. The van der Waals surface area contributed by atoms with Crippen LogP contribution in [0.3, 0.4) is 0 Å². The zero-order valence-electron chi connectivity index (χ0n) is 22.6. The van der Waals surface area contributed by atoms with Gasteiger partial charge in [0.1, 0.15) is 28.0 Å². The van der Waals surface area contributed by atoms with E-state index in [1.165, 1.54) is 7.11 Å². The third-order valence-corrected chi connectivity index (χ3v) is 7.55. The molecule has 0 aromatic carbocycles. The molecule has 1 saturated heterocycles. The lowest BCUT2D eigenvalue weighted by molar-refractivity contribution is 0.0540. The minimum atomic E-state index is -0.518. The van der Waals surface area contributed by atoms with Gasteiger partial charge in [0.15, 0.2) is 5.69 Å². The summed E-state index contributed by atoms with van der Waals surface area (Å²) in [6.07, 6.45) is 5.22. The Morgan fingerprint density at radius 2 is 1.92 bits per heavy atom. The Labute approximate surface area is 224 Å². The maximum atomic E-state index is 13.1. The topological polar surface area (TPSA) is 124 Å². The Balaban J connectivity index is 1.74. The van der Waals surface area contributed by atoms with Crippen LogP contribution in [0.25, 0.3) is 33.3 Å². The first-order valence-electron chi connectivity index (χ1n) is 12.8. The van der Waals surface area contributed by atoms with Crippen LogP contribution in [0, 0.1) is 12.8 Å². The summed E-state index contributed by atoms with van der Waals surface area (Å²) in [5, 5.41) is 13.0. The molecule has 12 nitrogen and oxygen atoms in total. The molecule has 1 aliphatic rings. The lowest BCUT2D eigenvalue weighted by Crippen LogP contribution is -2.28. The second-order valence-electron chi connectivity index (χ2n) is 9.76. The fourth-order valence-electron chi connectivity index (χ4n) is 5.84. The van der Waals surface area contributed by atoms with Crippen molar-refractivity contribution < 1.29 is 19.0 Å². The van der Waals surface area contributed by atoms with Gasteiger partial charge in [0.25, 0.3) is 0 Å². The number of fused-ring (bicyclic) bond motifs is 3. The van der Waals surface area contributed by atoms with Crippen LogP contribution in [0.15, 0.2) is 30.6 Å². The van der Waals surface area contributed by atoms with Crippen LogP contribution in [0.5, 0.6) is 5.75 Å². The van der Waals surface area contributed by atoms with Gasteiger partial charge in [-0.2, -0.15) is 5.10 Å². The number of rotatable bonds is 6. The van der Waals surface area contributed by atoms with Gasteiger partial charge in [-0.05, 0) is 43.9 Å². The molecule has 12 heteroatoms. The van der Waals surface area contributed by atoms with E-state index in [-0.39, 0.29) is 17.7 Å². The van der Waals surface area contributed by atoms with E-state index in [0.29, 0.717) is 24.5 Å². The van der Waals surface area contributed by atoms with Gasteiger partial charge < -0.3 is 18.8 Å². The largest absolute Gasteiger partial charge is 0.495 e. The number of ether oxygens (including phenoxy) is 3. The number of methoxy groups -OCH3 is 2. The SMILES string of the molecule is COC(=O)c1nn(C)c2c3ncc(-c4c(C)nnn4C)cc3n(C(c3ncccc3OC)C3CCOCC3)c12. The van der Waals surface area contributed by atoms with Crippen LogP contribution in [0.1, 0.15) is 40.8 Å². The number of aromatic nitrogens is 8. The summed E-state index contributed by atoms with van der Waals surface area (Å²) in [5.74, 6) is 0.300. The van der Waals surface area contributed by atoms with Gasteiger partial charge in [-0.15, -0.1) is 5.10 Å². The van der Waals surface area contributed by atoms with E-state index in [4.69, 9.17) is 24.2 Å². The summed E-state index contributed by atoms with van der Waals surface area (Å²) in [6.45, 7) is 3.20. The molecule has 1 unspecified atom stereocenters. The smallest absolute Gasteiger partial charge is 0.360 e. The van der Waals surface area contributed by atoms with Gasteiger partial charge in [0, 0.05) is 45.3 Å². The third-order valence-electron chi connectivity index (χ3n) is 7.55. The third kappa shape index (κ3) is 3.94. The normalized spacial score (nSPS) is 15.2. The quantitative estimate of drug-likeness (QED) is 0.304. The number of hydrogen-bond donors (Lipinski definition) is 0. The van der Waals surface area contributed by atoms with Crippen molar-refractivity contribution >= 4 is 28.0 Å². The van der Waals surface area contributed by atoms with Crippen molar-refractivity contribution in [3.8, 4) is 17.0 Å². The lowest BCUT2D eigenvalue weighted by Gasteiger charge is -2.32. The standard InChI is InChI=1S/C27H30N8O4/c1-15-23(34(3)32-30-15)17-13-18-20(29-14-17)25-26(22(27(36)38-5)31-33(25)2)35(18)24(16-8-11-39-12-9-16)21-19(37-4)7-6-10-28-21/h6-7,10,13-14,16,24H,8-9,11-12H2,1-5H3. The Morgan fingerprint density at radius 1 is 1.13 bits per heavy atom. The summed E-state index contributed by atoms with van der Waals surface area (Å²) in [7, 11) is 6.68. The molecular weight excluding hydrogens is 500 g/mol. The van der Waals surface area contributed by atoms with Crippen LogP contribution < -0.4 is 4.74 Å². The lowest BCUT2D eigenvalue weighted by atomic mass is 9.88.